The minimum Gasteiger partial charge on any atom is -0.316 e. The zero-order chi connectivity index (χ0) is 27.2. The lowest BCUT2D eigenvalue weighted by atomic mass is 10.00. The molecule has 2 saturated carbocycles. The summed E-state index contributed by atoms with van der Waals surface area (Å²) in [5.74, 6) is 0.579. The van der Waals surface area contributed by atoms with Crippen LogP contribution in [0.2, 0.25) is 0 Å². The van der Waals surface area contributed by atoms with Crippen molar-refractivity contribution in [2.24, 2.45) is 23.4 Å². The molecule has 1 aromatic heterocycles. The molecule has 0 radical (unpaired) electrons. The van der Waals surface area contributed by atoms with Gasteiger partial charge in [-0.2, -0.15) is 5.10 Å². The number of amidine groups is 1. The molecule has 1 N–H and O–H groups in total. The Morgan fingerprint density at radius 2 is 1.74 bits per heavy atom. The number of benzene rings is 2. The normalized spacial score (nSPS) is 21.9. The Balaban J connectivity index is 0.000000410. The molecule has 3 aromatic rings. The summed E-state index contributed by atoms with van der Waals surface area (Å²) >= 11 is 0. The Morgan fingerprint density at radius 3 is 2.26 bits per heavy atom. The first kappa shape index (κ1) is 25.6. The SMILES string of the molecule is CC1(C=O)CC1.Cn1cc(-c2ccc(-c3ccc(C4=NC5(CC5)C(=O)N4C[C@@H]4CCNC4)c(F)c3)cc2)cn1. The summed E-state index contributed by atoms with van der Waals surface area (Å²) in [6, 6.07) is 13.3. The van der Waals surface area contributed by atoms with Gasteiger partial charge in [0.15, 0.2) is 0 Å². The third-order valence-electron chi connectivity index (χ3n) is 8.34. The Morgan fingerprint density at radius 1 is 1.05 bits per heavy atom. The molecule has 2 aromatic carbocycles. The fraction of sp³-hybridized carbons (Fsp3) is 0.419. The molecule has 1 saturated heterocycles. The van der Waals surface area contributed by atoms with E-state index in [1.807, 2.05) is 56.7 Å². The first-order chi connectivity index (χ1) is 18.8. The molecule has 39 heavy (non-hydrogen) atoms. The molecule has 202 valence electrons. The number of aromatic nitrogens is 2. The molecular weight excluding hydrogens is 493 g/mol. The van der Waals surface area contributed by atoms with Crippen LogP contribution in [0.5, 0.6) is 0 Å². The molecule has 8 heteroatoms. The second-order valence-electron chi connectivity index (χ2n) is 11.7. The first-order valence-corrected chi connectivity index (χ1v) is 13.8. The van der Waals surface area contributed by atoms with Crippen molar-refractivity contribution < 1.29 is 14.0 Å². The number of aliphatic imine (C=N–C) groups is 1. The second kappa shape index (κ2) is 9.83. The standard InChI is InChI=1S/C26H26FN5O.C5H8O/c1-31-16-21(14-29-31)19-4-2-18(3-5-19)20-6-7-22(23(27)12-20)24-30-26(9-10-26)25(33)32(24)15-17-8-11-28-13-17;1-5(4-6)2-3-5/h2-7,12,14,16-17,28H,8-11,13,15H2,1H3;4H,2-3H2,1H3/t17-;/m1./s1. The third kappa shape index (κ3) is 5.17. The number of carbonyl (C=O) groups is 2. The molecule has 7 nitrogen and oxygen atoms in total. The maximum absolute atomic E-state index is 15.4. The predicted molar refractivity (Wildman–Crippen MR) is 149 cm³/mol. The molecule has 1 spiro atoms. The summed E-state index contributed by atoms with van der Waals surface area (Å²) in [7, 11) is 1.89. The number of hydrogen-bond acceptors (Lipinski definition) is 5. The Hall–Kier alpha value is -3.65. The van der Waals surface area contributed by atoms with E-state index < -0.39 is 5.54 Å². The van der Waals surface area contributed by atoms with Gasteiger partial charge in [-0.15, -0.1) is 0 Å². The van der Waals surface area contributed by atoms with E-state index in [0.29, 0.717) is 23.9 Å². The zero-order valence-corrected chi connectivity index (χ0v) is 22.5. The quantitative estimate of drug-likeness (QED) is 0.475. The van der Waals surface area contributed by atoms with Crippen LogP contribution in [0.25, 0.3) is 22.3 Å². The van der Waals surface area contributed by atoms with E-state index in [1.54, 1.807) is 21.7 Å². The number of nitrogens with one attached hydrogen (secondary N) is 1. The van der Waals surface area contributed by atoms with Crippen LogP contribution in [0.1, 0.15) is 44.6 Å². The van der Waals surface area contributed by atoms with E-state index in [1.165, 1.54) is 0 Å². The first-order valence-electron chi connectivity index (χ1n) is 13.8. The summed E-state index contributed by atoms with van der Waals surface area (Å²) < 4.78 is 17.1. The average molecular weight is 528 g/mol. The van der Waals surface area contributed by atoms with Crippen LogP contribution >= 0.6 is 0 Å². The van der Waals surface area contributed by atoms with Crippen molar-refractivity contribution in [2.45, 2.75) is 44.6 Å². The molecule has 3 heterocycles. The van der Waals surface area contributed by atoms with Gasteiger partial charge in [0.2, 0.25) is 0 Å². The number of aryl methyl sites for hydroxylation is 1. The van der Waals surface area contributed by atoms with Crippen molar-refractivity contribution >= 4 is 18.0 Å². The molecule has 1 amide bonds. The Labute approximate surface area is 228 Å². The van der Waals surface area contributed by atoms with E-state index in [-0.39, 0.29) is 17.1 Å². The number of rotatable bonds is 6. The second-order valence-corrected chi connectivity index (χ2v) is 11.7. The fourth-order valence-electron chi connectivity index (χ4n) is 5.22. The number of carbonyl (C=O) groups excluding carboxylic acids is 2. The van der Waals surface area contributed by atoms with E-state index in [0.717, 1.165) is 73.7 Å². The van der Waals surface area contributed by atoms with Crippen molar-refractivity contribution in [3.8, 4) is 22.3 Å². The van der Waals surface area contributed by atoms with Gasteiger partial charge in [-0.25, -0.2) is 4.39 Å². The van der Waals surface area contributed by atoms with E-state index in [2.05, 4.69) is 10.4 Å². The number of halogens is 1. The van der Waals surface area contributed by atoms with E-state index in [4.69, 9.17) is 4.99 Å². The lowest BCUT2D eigenvalue weighted by molar-refractivity contribution is -0.128. The topological polar surface area (TPSA) is 79.6 Å². The summed E-state index contributed by atoms with van der Waals surface area (Å²) in [5.41, 5.74) is 3.73. The van der Waals surface area contributed by atoms with Gasteiger partial charge in [-0.05, 0) is 79.9 Å². The lowest BCUT2D eigenvalue weighted by Crippen LogP contribution is -2.40. The number of nitrogens with zero attached hydrogens (tertiary/aromatic N) is 4. The van der Waals surface area contributed by atoms with Gasteiger partial charge in [0.05, 0.1) is 11.8 Å². The lowest BCUT2D eigenvalue weighted by Gasteiger charge is -2.23. The zero-order valence-electron chi connectivity index (χ0n) is 22.5. The van der Waals surface area contributed by atoms with Crippen molar-refractivity contribution in [3.63, 3.8) is 0 Å². The van der Waals surface area contributed by atoms with Crippen LogP contribution in [-0.4, -0.2) is 57.9 Å². The fourth-order valence-corrected chi connectivity index (χ4v) is 5.22. The Bertz CT molecular complexity index is 1430. The summed E-state index contributed by atoms with van der Waals surface area (Å²) in [6.07, 6.45) is 9.61. The molecule has 7 rings (SSSR count). The number of aldehydes is 1. The Kier molecular flexibility index (Phi) is 6.46. The maximum Gasteiger partial charge on any atom is 0.256 e. The number of hydrogen-bond donors (Lipinski definition) is 1. The monoisotopic (exact) mass is 527 g/mol. The van der Waals surface area contributed by atoms with Gasteiger partial charge in [0.1, 0.15) is 23.5 Å². The van der Waals surface area contributed by atoms with Crippen molar-refractivity contribution in [3.05, 3.63) is 66.2 Å². The molecule has 4 aliphatic rings. The average Bonchev–Trinajstić information content (AvgIpc) is 3.72. The minimum absolute atomic E-state index is 0.0406. The molecule has 0 unspecified atom stereocenters. The van der Waals surface area contributed by atoms with Crippen LogP contribution in [0, 0.1) is 17.2 Å². The summed E-state index contributed by atoms with van der Waals surface area (Å²) in [5, 5.41) is 7.56. The molecular formula is C31H34FN5O2. The highest BCUT2D eigenvalue weighted by molar-refractivity contribution is 6.16. The highest BCUT2D eigenvalue weighted by Gasteiger charge is 2.57. The molecule has 0 bridgehead atoms. The third-order valence-corrected chi connectivity index (χ3v) is 8.34. The van der Waals surface area contributed by atoms with Gasteiger partial charge in [-0.1, -0.05) is 37.3 Å². The van der Waals surface area contributed by atoms with E-state index >= 15 is 4.39 Å². The predicted octanol–water partition coefficient (Wildman–Crippen LogP) is 4.61. The molecule has 2 aliphatic heterocycles. The van der Waals surface area contributed by atoms with Gasteiger partial charge < -0.3 is 10.1 Å². The van der Waals surface area contributed by atoms with E-state index in [9.17, 15) is 9.59 Å². The minimum atomic E-state index is -0.630. The van der Waals surface area contributed by atoms with Gasteiger partial charge >= 0.3 is 0 Å². The van der Waals surface area contributed by atoms with Gasteiger partial charge in [-0.3, -0.25) is 19.4 Å². The summed E-state index contributed by atoms with van der Waals surface area (Å²) in [4.78, 5) is 29.4. The molecule has 3 fully saturated rings. The van der Waals surface area contributed by atoms with Crippen LogP contribution < -0.4 is 5.32 Å². The number of amides is 1. The van der Waals surface area contributed by atoms with Gasteiger partial charge in [0.25, 0.3) is 5.91 Å². The van der Waals surface area contributed by atoms with Crippen molar-refractivity contribution in [1.82, 2.24) is 20.0 Å². The molecule has 1 atom stereocenters. The molecule has 2 aliphatic carbocycles. The highest BCUT2D eigenvalue weighted by atomic mass is 19.1. The van der Waals surface area contributed by atoms with Crippen LogP contribution in [0.3, 0.4) is 0 Å². The van der Waals surface area contributed by atoms with Crippen LogP contribution in [0.4, 0.5) is 4.39 Å². The van der Waals surface area contributed by atoms with Crippen LogP contribution in [-0.2, 0) is 16.6 Å². The maximum atomic E-state index is 15.4. The van der Waals surface area contributed by atoms with Gasteiger partial charge in [0, 0.05) is 30.8 Å². The highest BCUT2D eigenvalue weighted by Crippen LogP contribution is 2.46. The largest absolute Gasteiger partial charge is 0.316 e. The van der Waals surface area contributed by atoms with Crippen molar-refractivity contribution in [1.29, 1.82) is 0 Å². The smallest absolute Gasteiger partial charge is 0.256 e. The van der Waals surface area contributed by atoms with Crippen LogP contribution in [0.15, 0.2) is 59.9 Å². The summed E-state index contributed by atoms with van der Waals surface area (Å²) in [6.45, 7) is 4.44. The van der Waals surface area contributed by atoms with Crippen molar-refractivity contribution in [2.75, 3.05) is 19.6 Å².